The molecule has 0 saturated carbocycles. The number of piperidine rings is 1. The van der Waals surface area contributed by atoms with Crippen molar-refractivity contribution < 1.29 is 17.5 Å². The number of hydrogen-bond donors (Lipinski definition) is 0. The zero-order chi connectivity index (χ0) is 14.8. The van der Waals surface area contributed by atoms with Gasteiger partial charge in [-0.1, -0.05) is 0 Å². The van der Waals surface area contributed by atoms with Crippen LogP contribution in [-0.4, -0.2) is 38.7 Å². The van der Waals surface area contributed by atoms with Crippen LogP contribution in [0.5, 0.6) is 5.75 Å². The van der Waals surface area contributed by atoms with Crippen LogP contribution in [0.4, 0.5) is 4.39 Å². The van der Waals surface area contributed by atoms with Crippen molar-refractivity contribution in [2.75, 3.05) is 26.0 Å². The molecule has 20 heavy (non-hydrogen) atoms. The van der Waals surface area contributed by atoms with Crippen molar-refractivity contribution >= 4 is 10.0 Å². The Morgan fingerprint density at radius 1 is 1.45 bits per heavy atom. The highest BCUT2D eigenvalue weighted by Crippen LogP contribution is 2.21. The van der Waals surface area contributed by atoms with E-state index in [2.05, 4.69) is 0 Å². The number of ether oxygens (including phenoxy) is 1. The lowest BCUT2D eigenvalue weighted by atomic mass is 10.0. The molecule has 0 aliphatic carbocycles. The molecule has 0 amide bonds. The lowest BCUT2D eigenvalue weighted by molar-refractivity contribution is 0.180. The standard InChI is InChI=1S/C14H20FNO3S/c1-11-8-13(5-6-14(11)15)19-10-12-4-3-7-16(9-12)20(2,17)18/h5-6,8,12H,3-4,7,9-10H2,1-2H3. The molecule has 1 aliphatic heterocycles. The topological polar surface area (TPSA) is 46.6 Å². The third-order valence-corrected chi connectivity index (χ3v) is 4.84. The fourth-order valence-corrected chi connectivity index (χ4v) is 3.33. The highest BCUT2D eigenvalue weighted by molar-refractivity contribution is 7.88. The molecule has 1 aliphatic rings. The molecule has 112 valence electrons. The smallest absolute Gasteiger partial charge is 0.211 e. The molecule has 0 bridgehead atoms. The van der Waals surface area contributed by atoms with Crippen molar-refractivity contribution in [2.45, 2.75) is 19.8 Å². The molecule has 0 N–H and O–H groups in total. The van der Waals surface area contributed by atoms with Gasteiger partial charge in [0.2, 0.25) is 10.0 Å². The van der Waals surface area contributed by atoms with Gasteiger partial charge < -0.3 is 4.74 Å². The summed E-state index contributed by atoms with van der Waals surface area (Å²) < 4.78 is 43.4. The Bertz CT molecular complexity index is 574. The molecule has 0 radical (unpaired) electrons. The van der Waals surface area contributed by atoms with Gasteiger partial charge in [0.25, 0.3) is 0 Å². The molecule has 1 fully saturated rings. The molecule has 1 atom stereocenters. The van der Waals surface area contributed by atoms with E-state index in [-0.39, 0.29) is 11.7 Å². The molecule has 1 heterocycles. The van der Waals surface area contributed by atoms with Crippen LogP contribution >= 0.6 is 0 Å². The second-order valence-electron chi connectivity index (χ2n) is 5.35. The fourth-order valence-electron chi connectivity index (χ4n) is 2.39. The fraction of sp³-hybridized carbons (Fsp3) is 0.571. The summed E-state index contributed by atoms with van der Waals surface area (Å²) in [5.74, 6) is 0.558. The first-order valence-corrected chi connectivity index (χ1v) is 8.55. The summed E-state index contributed by atoms with van der Waals surface area (Å²) >= 11 is 0. The zero-order valence-corrected chi connectivity index (χ0v) is 12.6. The number of hydrogen-bond acceptors (Lipinski definition) is 3. The number of rotatable bonds is 4. The largest absolute Gasteiger partial charge is 0.493 e. The van der Waals surface area contributed by atoms with E-state index in [4.69, 9.17) is 4.74 Å². The second-order valence-corrected chi connectivity index (χ2v) is 7.33. The molecule has 2 rings (SSSR count). The number of halogens is 1. The molecule has 0 spiro atoms. The quantitative estimate of drug-likeness (QED) is 0.856. The Balaban J connectivity index is 1.92. The van der Waals surface area contributed by atoms with Crippen LogP contribution in [0.1, 0.15) is 18.4 Å². The Morgan fingerprint density at radius 2 is 2.20 bits per heavy atom. The molecule has 1 unspecified atom stereocenters. The van der Waals surface area contributed by atoms with E-state index in [1.807, 2.05) is 0 Å². The van der Waals surface area contributed by atoms with Crippen molar-refractivity contribution in [2.24, 2.45) is 5.92 Å². The van der Waals surface area contributed by atoms with Crippen molar-refractivity contribution in [3.63, 3.8) is 0 Å². The highest BCUT2D eigenvalue weighted by Gasteiger charge is 2.26. The van der Waals surface area contributed by atoms with E-state index in [0.717, 1.165) is 12.8 Å². The van der Waals surface area contributed by atoms with Gasteiger partial charge in [0.05, 0.1) is 12.9 Å². The zero-order valence-electron chi connectivity index (χ0n) is 11.8. The van der Waals surface area contributed by atoms with Gasteiger partial charge in [-0.15, -0.1) is 0 Å². The van der Waals surface area contributed by atoms with Crippen LogP contribution in [0.2, 0.25) is 0 Å². The molecule has 0 aromatic heterocycles. The molecular formula is C14H20FNO3S. The summed E-state index contributed by atoms with van der Waals surface area (Å²) in [6.45, 7) is 3.23. The monoisotopic (exact) mass is 301 g/mol. The minimum absolute atomic E-state index is 0.184. The summed E-state index contributed by atoms with van der Waals surface area (Å²) in [5, 5.41) is 0. The third kappa shape index (κ3) is 3.93. The van der Waals surface area contributed by atoms with E-state index in [0.29, 0.717) is 31.0 Å². The van der Waals surface area contributed by atoms with Crippen LogP contribution < -0.4 is 4.74 Å². The molecule has 1 saturated heterocycles. The molecule has 1 aromatic rings. The van der Waals surface area contributed by atoms with Crippen LogP contribution in [-0.2, 0) is 10.0 Å². The Hall–Kier alpha value is -1.14. The minimum atomic E-state index is -3.13. The summed E-state index contributed by atoms with van der Waals surface area (Å²) in [5.41, 5.74) is 0.545. The van der Waals surface area contributed by atoms with Gasteiger partial charge in [0, 0.05) is 19.0 Å². The van der Waals surface area contributed by atoms with E-state index in [1.165, 1.54) is 16.6 Å². The lowest BCUT2D eigenvalue weighted by Crippen LogP contribution is -2.40. The van der Waals surface area contributed by atoms with E-state index in [9.17, 15) is 12.8 Å². The Morgan fingerprint density at radius 3 is 2.85 bits per heavy atom. The first-order chi connectivity index (χ1) is 9.36. The van der Waals surface area contributed by atoms with Gasteiger partial charge in [-0.05, 0) is 43.5 Å². The second kappa shape index (κ2) is 6.10. The van der Waals surface area contributed by atoms with Gasteiger partial charge in [0.1, 0.15) is 11.6 Å². The molecular weight excluding hydrogens is 281 g/mol. The average Bonchev–Trinajstić information content (AvgIpc) is 2.39. The van der Waals surface area contributed by atoms with Gasteiger partial charge in [-0.3, -0.25) is 0 Å². The predicted octanol–water partition coefficient (Wildman–Crippen LogP) is 2.18. The van der Waals surface area contributed by atoms with Crippen LogP contribution in [0.25, 0.3) is 0 Å². The summed E-state index contributed by atoms with van der Waals surface area (Å²) in [6.07, 6.45) is 3.04. The number of benzene rings is 1. The first kappa shape index (κ1) is 15.3. The maximum Gasteiger partial charge on any atom is 0.211 e. The first-order valence-electron chi connectivity index (χ1n) is 6.70. The number of aryl methyl sites for hydroxylation is 1. The van der Waals surface area contributed by atoms with Crippen molar-refractivity contribution in [1.82, 2.24) is 4.31 Å². The summed E-state index contributed by atoms with van der Waals surface area (Å²) in [4.78, 5) is 0. The van der Waals surface area contributed by atoms with E-state index < -0.39 is 10.0 Å². The van der Waals surface area contributed by atoms with Gasteiger partial charge >= 0.3 is 0 Å². The van der Waals surface area contributed by atoms with Crippen molar-refractivity contribution in [3.05, 3.63) is 29.6 Å². The Labute approximate surface area is 119 Å². The molecule has 1 aromatic carbocycles. The van der Waals surface area contributed by atoms with E-state index in [1.54, 1.807) is 19.1 Å². The van der Waals surface area contributed by atoms with Gasteiger partial charge in [-0.2, -0.15) is 0 Å². The van der Waals surface area contributed by atoms with E-state index >= 15 is 0 Å². The minimum Gasteiger partial charge on any atom is -0.493 e. The van der Waals surface area contributed by atoms with Gasteiger partial charge in [-0.25, -0.2) is 17.1 Å². The van der Waals surface area contributed by atoms with Gasteiger partial charge in [0.15, 0.2) is 0 Å². The normalized spacial score (nSPS) is 20.9. The van der Waals surface area contributed by atoms with Crippen LogP contribution in [0.15, 0.2) is 18.2 Å². The molecule has 6 heteroatoms. The van der Waals surface area contributed by atoms with Crippen LogP contribution in [0, 0.1) is 18.7 Å². The Kier molecular flexibility index (Phi) is 4.65. The summed E-state index contributed by atoms with van der Waals surface area (Å²) in [7, 11) is -3.13. The average molecular weight is 301 g/mol. The number of nitrogens with zero attached hydrogens (tertiary/aromatic N) is 1. The highest BCUT2D eigenvalue weighted by atomic mass is 32.2. The maximum atomic E-state index is 13.1. The lowest BCUT2D eigenvalue weighted by Gasteiger charge is -2.30. The SMILES string of the molecule is Cc1cc(OCC2CCCN(S(C)(=O)=O)C2)ccc1F. The summed E-state index contributed by atoms with van der Waals surface area (Å²) in [6, 6.07) is 4.64. The van der Waals surface area contributed by atoms with Crippen LogP contribution in [0.3, 0.4) is 0 Å². The molecule has 4 nitrogen and oxygen atoms in total. The maximum absolute atomic E-state index is 13.1. The third-order valence-electron chi connectivity index (χ3n) is 3.57. The van der Waals surface area contributed by atoms with Crippen molar-refractivity contribution in [1.29, 1.82) is 0 Å². The number of sulfonamides is 1. The van der Waals surface area contributed by atoms with Crippen molar-refractivity contribution in [3.8, 4) is 5.75 Å². The predicted molar refractivity (Wildman–Crippen MR) is 75.8 cm³/mol.